The topological polar surface area (TPSA) is 133 Å². The van der Waals surface area contributed by atoms with Crippen LogP contribution in [0.3, 0.4) is 0 Å². The Morgan fingerprint density at radius 1 is 1.24 bits per heavy atom. The summed E-state index contributed by atoms with van der Waals surface area (Å²) in [5.41, 5.74) is 3.71. The lowest BCUT2D eigenvalue weighted by Crippen LogP contribution is -2.60. The largest absolute Gasteiger partial charge is 0.481 e. The summed E-state index contributed by atoms with van der Waals surface area (Å²) in [5, 5.41) is 25.8. The van der Waals surface area contributed by atoms with Crippen molar-refractivity contribution in [2.45, 2.75) is 39.8 Å². The minimum atomic E-state index is -0.833. The molecule has 4 rings (SSSR count). The molecule has 11 heteroatoms. The van der Waals surface area contributed by atoms with Crippen molar-refractivity contribution in [1.82, 2.24) is 20.4 Å². The highest BCUT2D eigenvalue weighted by molar-refractivity contribution is 5.90. The van der Waals surface area contributed by atoms with Gasteiger partial charge in [-0.15, -0.1) is 0 Å². The van der Waals surface area contributed by atoms with E-state index in [0.717, 1.165) is 32.1 Å². The number of guanidine groups is 1. The maximum absolute atomic E-state index is 13.5. The first-order chi connectivity index (χ1) is 18.2. The van der Waals surface area contributed by atoms with E-state index in [1.165, 1.54) is 23.3 Å². The quantitative estimate of drug-likeness (QED) is 0.209. The third kappa shape index (κ3) is 7.66. The molecular formula is C27H34FN7O3. The fraction of sp³-hybridized carbons (Fsp3) is 0.407. The van der Waals surface area contributed by atoms with Crippen molar-refractivity contribution in [2.75, 3.05) is 31.5 Å². The van der Waals surface area contributed by atoms with Gasteiger partial charge in [0.15, 0.2) is 6.19 Å². The lowest BCUT2D eigenvalue weighted by Gasteiger charge is -2.44. The highest BCUT2D eigenvalue weighted by Crippen LogP contribution is 2.27. The second-order valence-corrected chi connectivity index (χ2v) is 9.42. The maximum Gasteiger partial charge on any atom is 0.321 e. The van der Waals surface area contributed by atoms with Crippen molar-refractivity contribution in [3.8, 4) is 6.19 Å². The van der Waals surface area contributed by atoms with Crippen LogP contribution in [-0.4, -0.2) is 65.1 Å². The third-order valence-electron chi connectivity index (χ3n) is 6.33. The number of carbonyl (C=O) groups is 2. The summed E-state index contributed by atoms with van der Waals surface area (Å²) in [5.74, 6) is -0.535. The summed E-state index contributed by atoms with van der Waals surface area (Å²) in [6.07, 6.45) is 2.92. The van der Waals surface area contributed by atoms with Crippen LogP contribution in [-0.2, 0) is 17.8 Å². The predicted octanol–water partition coefficient (Wildman–Crippen LogP) is 3.49. The average Bonchev–Trinajstić information content (AvgIpc) is 2.88. The molecule has 1 atom stereocenters. The first-order valence-electron chi connectivity index (χ1n) is 12.5. The number of piperazine rings is 1. The second-order valence-electron chi connectivity index (χ2n) is 9.42. The number of carbonyl (C=O) groups excluding carboxylic acids is 1. The van der Waals surface area contributed by atoms with E-state index in [1.54, 1.807) is 17.0 Å². The predicted molar refractivity (Wildman–Crippen MR) is 143 cm³/mol. The molecule has 2 aromatic rings. The lowest BCUT2D eigenvalue weighted by molar-refractivity contribution is -0.134. The van der Waals surface area contributed by atoms with E-state index in [1.807, 2.05) is 18.3 Å². The van der Waals surface area contributed by atoms with Crippen molar-refractivity contribution >= 4 is 29.3 Å². The third-order valence-corrected chi connectivity index (χ3v) is 6.33. The van der Waals surface area contributed by atoms with Crippen molar-refractivity contribution in [1.29, 1.82) is 5.26 Å². The first kappa shape index (κ1) is 28.4. The van der Waals surface area contributed by atoms with Gasteiger partial charge in [0, 0.05) is 38.8 Å². The first-order valence-corrected chi connectivity index (χ1v) is 12.5. The molecule has 0 saturated carbocycles. The summed E-state index contributed by atoms with van der Waals surface area (Å²) in [6, 6.07) is 11.6. The van der Waals surface area contributed by atoms with Crippen LogP contribution in [0.15, 0.2) is 47.5 Å². The summed E-state index contributed by atoms with van der Waals surface area (Å²) in [6.45, 7) is 8.40. The number of nitriles is 1. The van der Waals surface area contributed by atoms with Gasteiger partial charge in [-0.3, -0.25) is 10.1 Å². The zero-order chi connectivity index (χ0) is 27.7. The van der Waals surface area contributed by atoms with Crippen LogP contribution in [0.25, 0.3) is 0 Å². The second kappa shape index (κ2) is 13.4. The van der Waals surface area contributed by atoms with Gasteiger partial charge in [0.05, 0.1) is 11.7 Å². The van der Waals surface area contributed by atoms with E-state index < -0.39 is 11.8 Å². The minimum Gasteiger partial charge on any atom is -0.481 e. The SMILES string of the molecule is CC(=O)O.CC(C)C1CN(C(=O)Nc2cccc(F)c2)CCN1C(=Nc1cccc2c1CCNC2)NC#N. The number of rotatable bonds is 3. The van der Waals surface area contributed by atoms with Crippen LogP contribution >= 0.6 is 0 Å². The number of aliphatic imine (C=N–C) groups is 1. The summed E-state index contributed by atoms with van der Waals surface area (Å²) >= 11 is 0. The molecule has 0 bridgehead atoms. The molecule has 2 heterocycles. The Hall–Kier alpha value is -4.17. The number of fused-ring (bicyclic) bond motifs is 1. The Morgan fingerprint density at radius 2 is 1.97 bits per heavy atom. The molecule has 1 unspecified atom stereocenters. The number of anilines is 1. The fourth-order valence-corrected chi connectivity index (χ4v) is 4.54. The number of urea groups is 1. The number of carboxylic acid groups (broad SMARTS) is 1. The zero-order valence-corrected chi connectivity index (χ0v) is 21.9. The summed E-state index contributed by atoms with van der Waals surface area (Å²) in [7, 11) is 0. The monoisotopic (exact) mass is 523 g/mol. The molecule has 2 aliphatic heterocycles. The highest BCUT2D eigenvalue weighted by Gasteiger charge is 2.34. The van der Waals surface area contributed by atoms with E-state index >= 15 is 0 Å². The molecule has 0 aliphatic carbocycles. The molecule has 0 radical (unpaired) electrons. The summed E-state index contributed by atoms with van der Waals surface area (Å²) in [4.78, 5) is 30.6. The number of nitrogens with zero attached hydrogens (tertiary/aromatic N) is 4. The van der Waals surface area contributed by atoms with Gasteiger partial charge in [-0.2, -0.15) is 5.26 Å². The molecule has 2 aliphatic rings. The molecule has 0 spiro atoms. The van der Waals surface area contributed by atoms with Crippen LogP contribution in [0.4, 0.5) is 20.6 Å². The van der Waals surface area contributed by atoms with Gasteiger partial charge in [0.2, 0.25) is 5.96 Å². The molecule has 1 fully saturated rings. The minimum absolute atomic E-state index is 0.0483. The average molecular weight is 524 g/mol. The van der Waals surface area contributed by atoms with E-state index in [4.69, 9.17) is 14.9 Å². The molecule has 1 saturated heterocycles. The molecule has 2 aromatic carbocycles. The number of hydrogen-bond acceptors (Lipinski definition) is 5. The standard InChI is InChI=1S/C25H30FN7O.C2H4O2/c1-17(2)23-15-32(25(34)30-20-7-4-6-19(26)13-20)11-12-33(23)24(29-16-27)31-22-8-3-5-18-14-28-10-9-21(18)22;1-2(3)4/h3-8,13,17,23,28H,9-12,14-15H2,1-2H3,(H,29,31)(H,30,34);1H3,(H,3,4). The number of halogens is 1. The zero-order valence-electron chi connectivity index (χ0n) is 21.9. The number of carboxylic acids is 1. The Balaban J connectivity index is 0.000000934. The van der Waals surface area contributed by atoms with Gasteiger partial charge in [-0.25, -0.2) is 14.2 Å². The van der Waals surface area contributed by atoms with Gasteiger partial charge in [-0.1, -0.05) is 32.0 Å². The van der Waals surface area contributed by atoms with E-state index in [0.29, 0.717) is 31.3 Å². The fourth-order valence-electron chi connectivity index (χ4n) is 4.54. The molecule has 0 aromatic heterocycles. The van der Waals surface area contributed by atoms with E-state index in [-0.39, 0.29) is 18.0 Å². The molecule has 2 amide bonds. The van der Waals surface area contributed by atoms with Crippen LogP contribution in [0, 0.1) is 23.2 Å². The Bertz CT molecular complexity index is 1210. The molecule has 10 nitrogen and oxygen atoms in total. The Morgan fingerprint density at radius 3 is 2.66 bits per heavy atom. The Labute approximate surface area is 222 Å². The van der Waals surface area contributed by atoms with Crippen LogP contribution < -0.4 is 16.0 Å². The maximum atomic E-state index is 13.5. The van der Waals surface area contributed by atoms with Crippen molar-refractivity contribution in [3.63, 3.8) is 0 Å². The van der Waals surface area contributed by atoms with Crippen LogP contribution in [0.2, 0.25) is 0 Å². The highest BCUT2D eigenvalue weighted by atomic mass is 19.1. The van der Waals surface area contributed by atoms with Gasteiger partial charge in [-0.05, 0) is 54.3 Å². The molecular weight excluding hydrogens is 489 g/mol. The van der Waals surface area contributed by atoms with E-state index in [2.05, 4.69) is 40.8 Å². The normalized spacial score (nSPS) is 17.1. The van der Waals surface area contributed by atoms with Crippen molar-refractivity contribution in [2.24, 2.45) is 10.9 Å². The number of aliphatic carboxylic acids is 1. The lowest BCUT2D eigenvalue weighted by atomic mass is 9.99. The number of amides is 2. The Kier molecular flexibility index (Phi) is 10.0. The van der Waals surface area contributed by atoms with Crippen LogP contribution in [0.1, 0.15) is 31.9 Å². The van der Waals surface area contributed by atoms with Crippen molar-refractivity contribution in [3.05, 3.63) is 59.4 Å². The van der Waals surface area contributed by atoms with Crippen LogP contribution in [0.5, 0.6) is 0 Å². The number of nitrogens with one attached hydrogen (secondary N) is 3. The van der Waals surface area contributed by atoms with Gasteiger partial charge in [0.1, 0.15) is 5.82 Å². The van der Waals surface area contributed by atoms with Gasteiger partial charge in [0.25, 0.3) is 5.97 Å². The molecule has 38 heavy (non-hydrogen) atoms. The smallest absolute Gasteiger partial charge is 0.321 e. The molecule has 4 N–H and O–H groups in total. The molecule has 202 valence electrons. The van der Waals surface area contributed by atoms with Gasteiger partial charge < -0.3 is 25.5 Å². The summed E-state index contributed by atoms with van der Waals surface area (Å²) < 4.78 is 13.5. The van der Waals surface area contributed by atoms with Crippen molar-refractivity contribution < 1.29 is 19.1 Å². The van der Waals surface area contributed by atoms with E-state index in [9.17, 15) is 14.4 Å². The number of hydrogen-bond donors (Lipinski definition) is 4. The van der Waals surface area contributed by atoms with Gasteiger partial charge >= 0.3 is 6.03 Å². The number of benzene rings is 2.